The minimum Gasteiger partial charge on any atom is -0.410 e. The Bertz CT molecular complexity index is 704. The van der Waals surface area contributed by atoms with E-state index >= 15 is 0 Å². The number of carbonyl (C=O) groups excluding carboxylic acids is 1. The minimum absolute atomic E-state index is 0.124. The zero-order chi connectivity index (χ0) is 17.0. The van der Waals surface area contributed by atoms with E-state index in [1.807, 2.05) is 5.32 Å². The van der Waals surface area contributed by atoms with Crippen LogP contribution in [0.2, 0.25) is 0 Å². The highest BCUT2D eigenvalue weighted by Crippen LogP contribution is 2.30. The number of nitrogens with one attached hydrogen (secondary N) is 1. The maximum Gasteiger partial charge on any atom is 0.573 e. The van der Waals surface area contributed by atoms with Gasteiger partial charge in [0, 0.05) is 12.1 Å². The van der Waals surface area contributed by atoms with Crippen molar-refractivity contribution >= 4 is 11.8 Å². The molecule has 23 heavy (non-hydrogen) atoms. The normalized spacial score (nSPS) is 11.0. The number of amides is 1. The lowest BCUT2D eigenvalue weighted by atomic mass is 10.2. The molecule has 1 N–H and O–H groups in total. The standard InChI is InChI=1S/C14H8F5NO3/c15-9-6-10(16)12(23-14(17,18)19)7-11(9)20-13(21)22-8-4-2-1-3-5-8/h1-7H,(H,20,21). The van der Waals surface area contributed by atoms with E-state index in [9.17, 15) is 26.7 Å². The highest BCUT2D eigenvalue weighted by atomic mass is 19.4. The van der Waals surface area contributed by atoms with Crippen LogP contribution in [0.15, 0.2) is 42.5 Å². The van der Waals surface area contributed by atoms with Gasteiger partial charge in [-0.1, -0.05) is 18.2 Å². The summed E-state index contributed by atoms with van der Waals surface area (Å²) in [6.45, 7) is 0. The van der Waals surface area contributed by atoms with Crippen LogP contribution in [0.1, 0.15) is 0 Å². The van der Waals surface area contributed by atoms with Crippen LogP contribution in [-0.2, 0) is 0 Å². The number of carbonyl (C=O) groups is 1. The topological polar surface area (TPSA) is 47.6 Å². The van der Waals surface area contributed by atoms with Gasteiger partial charge in [-0.05, 0) is 12.1 Å². The van der Waals surface area contributed by atoms with Crippen LogP contribution in [0.5, 0.6) is 11.5 Å². The molecule has 0 unspecified atom stereocenters. The van der Waals surface area contributed by atoms with Crippen LogP contribution < -0.4 is 14.8 Å². The van der Waals surface area contributed by atoms with E-state index in [1.54, 1.807) is 18.2 Å². The third-order valence-corrected chi connectivity index (χ3v) is 2.44. The van der Waals surface area contributed by atoms with Gasteiger partial charge in [0.05, 0.1) is 5.69 Å². The second-order valence-corrected chi connectivity index (χ2v) is 4.14. The summed E-state index contributed by atoms with van der Waals surface area (Å²) >= 11 is 0. The lowest BCUT2D eigenvalue weighted by Gasteiger charge is -2.12. The van der Waals surface area contributed by atoms with E-state index in [-0.39, 0.29) is 11.8 Å². The Kier molecular flexibility index (Phi) is 4.68. The molecule has 122 valence electrons. The molecule has 2 rings (SSSR count). The first-order chi connectivity index (χ1) is 10.7. The molecule has 0 heterocycles. The Labute approximate surface area is 126 Å². The van der Waals surface area contributed by atoms with Gasteiger partial charge in [-0.25, -0.2) is 13.6 Å². The van der Waals surface area contributed by atoms with Crippen LogP contribution in [-0.4, -0.2) is 12.5 Å². The van der Waals surface area contributed by atoms with Crippen LogP contribution in [0, 0.1) is 11.6 Å². The Hall–Kier alpha value is -2.84. The summed E-state index contributed by atoms with van der Waals surface area (Å²) in [4.78, 5) is 11.6. The molecule has 2 aromatic rings. The van der Waals surface area contributed by atoms with Crippen molar-refractivity contribution in [3.63, 3.8) is 0 Å². The molecular weight excluding hydrogens is 325 g/mol. The smallest absolute Gasteiger partial charge is 0.410 e. The Morgan fingerprint density at radius 1 is 1.00 bits per heavy atom. The SMILES string of the molecule is O=C(Nc1cc(OC(F)(F)F)c(F)cc1F)Oc1ccccc1. The summed E-state index contributed by atoms with van der Waals surface area (Å²) in [5, 5.41) is 1.86. The van der Waals surface area contributed by atoms with Gasteiger partial charge in [0.1, 0.15) is 11.6 Å². The second-order valence-electron chi connectivity index (χ2n) is 4.14. The van der Waals surface area contributed by atoms with Crippen molar-refractivity contribution in [1.82, 2.24) is 0 Å². The van der Waals surface area contributed by atoms with E-state index in [1.165, 1.54) is 12.1 Å². The van der Waals surface area contributed by atoms with Gasteiger partial charge in [0.25, 0.3) is 0 Å². The number of ether oxygens (including phenoxy) is 2. The van der Waals surface area contributed by atoms with E-state index in [4.69, 9.17) is 4.74 Å². The van der Waals surface area contributed by atoms with E-state index < -0.39 is 35.5 Å². The molecule has 0 atom stereocenters. The fourth-order valence-electron chi connectivity index (χ4n) is 1.56. The van der Waals surface area contributed by atoms with Gasteiger partial charge in [0.15, 0.2) is 11.6 Å². The summed E-state index contributed by atoms with van der Waals surface area (Å²) in [5.74, 6) is -4.02. The lowest BCUT2D eigenvalue weighted by Crippen LogP contribution is -2.20. The van der Waals surface area contributed by atoms with Crippen LogP contribution in [0.25, 0.3) is 0 Å². The van der Waals surface area contributed by atoms with Crippen molar-refractivity contribution in [2.24, 2.45) is 0 Å². The number of hydrogen-bond donors (Lipinski definition) is 1. The quantitative estimate of drug-likeness (QED) is 0.843. The van der Waals surface area contributed by atoms with Gasteiger partial charge >= 0.3 is 12.5 Å². The molecule has 0 aliphatic heterocycles. The van der Waals surface area contributed by atoms with Crippen molar-refractivity contribution in [3.05, 3.63) is 54.1 Å². The van der Waals surface area contributed by atoms with Gasteiger partial charge in [-0.15, -0.1) is 13.2 Å². The number of alkyl halides is 3. The maximum atomic E-state index is 13.5. The number of anilines is 1. The Morgan fingerprint density at radius 3 is 2.26 bits per heavy atom. The summed E-state index contributed by atoms with van der Waals surface area (Å²) in [6.07, 6.45) is -6.33. The van der Waals surface area contributed by atoms with Crippen LogP contribution in [0.4, 0.5) is 32.4 Å². The van der Waals surface area contributed by atoms with Crippen molar-refractivity contribution < 1.29 is 36.2 Å². The largest absolute Gasteiger partial charge is 0.573 e. The number of rotatable bonds is 3. The molecule has 0 spiro atoms. The average Bonchev–Trinajstić information content (AvgIpc) is 2.43. The molecule has 0 aliphatic rings. The third kappa shape index (κ3) is 4.83. The molecule has 0 fully saturated rings. The van der Waals surface area contributed by atoms with Crippen molar-refractivity contribution in [2.75, 3.05) is 5.32 Å². The average molecular weight is 333 g/mol. The highest BCUT2D eigenvalue weighted by molar-refractivity contribution is 5.86. The van der Waals surface area contributed by atoms with Crippen LogP contribution >= 0.6 is 0 Å². The van der Waals surface area contributed by atoms with Crippen molar-refractivity contribution in [3.8, 4) is 11.5 Å². The molecule has 2 aromatic carbocycles. The molecule has 0 bridgehead atoms. The Balaban J connectivity index is 2.15. The number of para-hydroxylation sites is 1. The summed E-state index contributed by atoms with van der Waals surface area (Å²) in [5.41, 5.74) is -0.730. The summed E-state index contributed by atoms with van der Waals surface area (Å²) in [7, 11) is 0. The number of halogens is 5. The van der Waals surface area contributed by atoms with Crippen molar-refractivity contribution in [2.45, 2.75) is 6.36 Å². The first kappa shape index (κ1) is 16.5. The van der Waals surface area contributed by atoms with Gasteiger partial charge in [0.2, 0.25) is 0 Å². The molecule has 0 radical (unpaired) electrons. The van der Waals surface area contributed by atoms with Crippen LogP contribution in [0.3, 0.4) is 0 Å². The van der Waals surface area contributed by atoms with E-state index in [0.29, 0.717) is 6.07 Å². The predicted molar refractivity (Wildman–Crippen MR) is 69.1 cm³/mol. The lowest BCUT2D eigenvalue weighted by molar-refractivity contribution is -0.275. The monoisotopic (exact) mass is 333 g/mol. The van der Waals surface area contributed by atoms with E-state index in [0.717, 1.165) is 0 Å². The minimum atomic E-state index is -5.17. The molecule has 0 aromatic heterocycles. The predicted octanol–water partition coefficient (Wildman–Crippen LogP) is 4.47. The molecule has 0 saturated carbocycles. The Morgan fingerprint density at radius 2 is 1.65 bits per heavy atom. The fraction of sp³-hybridized carbons (Fsp3) is 0.0714. The van der Waals surface area contributed by atoms with E-state index in [2.05, 4.69) is 4.74 Å². The molecule has 1 amide bonds. The third-order valence-electron chi connectivity index (χ3n) is 2.44. The zero-order valence-electron chi connectivity index (χ0n) is 11.2. The molecule has 4 nitrogen and oxygen atoms in total. The maximum absolute atomic E-state index is 13.5. The molecule has 9 heteroatoms. The number of benzene rings is 2. The van der Waals surface area contributed by atoms with Gasteiger partial charge in [-0.2, -0.15) is 0 Å². The molecule has 0 saturated heterocycles. The summed E-state index contributed by atoms with van der Waals surface area (Å²) in [6, 6.07) is 8.17. The highest BCUT2D eigenvalue weighted by Gasteiger charge is 2.33. The summed E-state index contributed by atoms with van der Waals surface area (Å²) < 4.78 is 71.2. The molecular formula is C14H8F5NO3. The number of hydrogen-bond acceptors (Lipinski definition) is 3. The van der Waals surface area contributed by atoms with Crippen molar-refractivity contribution in [1.29, 1.82) is 0 Å². The first-order valence-corrected chi connectivity index (χ1v) is 6.03. The fourth-order valence-corrected chi connectivity index (χ4v) is 1.56. The van der Waals surface area contributed by atoms with Gasteiger partial charge in [-0.3, -0.25) is 5.32 Å². The molecule has 0 aliphatic carbocycles. The second kappa shape index (κ2) is 6.51. The first-order valence-electron chi connectivity index (χ1n) is 6.03. The zero-order valence-corrected chi connectivity index (χ0v) is 11.2. The van der Waals surface area contributed by atoms with Gasteiger partial charge < -0.3 is 9.47 Å².